The number of carbonyl (C=O) groups is 2. The fraction of sp³-hybridized carbons (Fsp3) is 0.400. The monoisotopic (exact) mass is 356 g/mol. The van der Waals surface area contributed by atoms with Crippen LogP contribution in [-0.2, 0) is 16.0 Å². The molecule has 1 N–H and O–H groups in total. The van der Waals surface area contributed by atoms with E-state index in [9.17, 15) is 9.59 Å². The van der Waals surface area contributed by atoms with Gasteiger partial charge in [0.2, 0.25) is 5.91 Å². The van der Waals surface area contributed by atoms with Gasteiger partial charge in [0.05, 0.1) is 19.5 Å². The van der Waals surface area contributed by atoms with Gasteiger partial charge in [0.1, 0.15) is 11.8 Å². The standard InChI is InChI=1S/C20H24N2O4/c1-14-5-6-16(12-15(14)2)19(23)21-18(13-17-4-3-9-26-17)20(24)22-7-10-25-11-8-22/h3-6,9,12,18H,7-8,10-11,13H2,1-2H3,(H,21,23). The van der Waals surface area contributed by atoms with Crippen molar-refractivity contribution in [3.63, 3.8) is 0 Å². The highest BCUT2D eigenvalue weighted by Gasteiger charge is 2.28. The van der Waals surface area contributed by atoms with Crippen LogP contribution >= 0.6 is 0 Å². The van der Waals surface area contributed by atoms with Crippen LogP contribution in [0.1, 0.15) is 27.2 Å². The number of benzene rings is 1. The Bertz CT molecular complexity index is 764. The Labute approximate surface area is 153 Å². The molecule has 0 radical (unpaired) electrons. The summed E-state index contributed by atoms with van der Waals surface area (Å²) >= 11 is 0. The Balaban J connectivity index is 1.76. The van der Waals surface area contributed by atoms with Gasteiger partial charge in [-0.15, -0.1) is 0 Å². The van der Waals surface area contributed by atoms with Gasteiger partial charge >= 0.3 is 0 Å². The molecule has 0 aliphatic carbocycles. The lowest BCUT2D eigenvalue weighted by Gasteiger charge is -2.30. The van der Waals surface area contributed by atoms with Gasteiger partial charge in [-0.25, -0.2) is 0 Å². The van der Waals surface area contributed by atoms with Crippen molar-refractivity contribution in [1.29, 1.82) is 0 Å². The smallest absolute Gasteiger partial charge is 0.251 e. The third-order valence-corrected chi connectivity index (χ3v) is 4.68. The minimum Gasteiger partial charge on any atom is -0.469 e. The fourth-order valence-electron chi connectivity index (χ4n) is 2.96. The van der Waals surface area contributed by atoms with E-state index < -0.39 is 6.04 Å². The Morgan fingerprint density at radius 2 is 1.92 bits per heavy atom. The van der Waals surface area contributed by atoms with E-state index in [-0.39, 0.29) is 11.8 Å². The maximum absolute atomic E-state index is 12.9. The van der Waals surface area contributed by atoms with Gasteiger partial charge in [-0.05, 0) is 49.2 Å². The molecule has 2 aromatic rings. The second-order valence-corrected chi connectivity index (χ2v) is 6.55. The van der Waals surface area contributed by atoms with Crippen molar-refractivity contribution in [2.24, 2.45) is 0 Å². The van der Waals surface area contributed by atoms with E-state index >= 15 is 0 Å². The highest BCUT2D eigenvalue weighted by Crippen LogP contribution is 2.12. The molecule has 6 heteroatoms. The number of morpholine rings is 1. The number of hydrogen-bond acceptors (Lipinski definition) is 4. The van der Waals surface area contributed by atoms with Crippen molar-refractivity contribution in [2.75, 3.05) is 26.3 Å². The molecule has 1 aromatic carbocycles. The molecule has 1 atom stereocenters. The number of hydrogen-bond donors (Lipinski definition) is 1. The number of amides is 2. The molecule has 1 aliphatic heterocycles. The third kappa shape index (κ3) is 4.32. The van der Waals surface area contributed by atoms with E-state index in [1.54, 1.807) is 23.3 Å². The first-order chi connectivity index (χ1) is 12.5. The van der Waals surface area contributed by atoms with Crippen LogP contribution in [0, 0.1) is 13.8 Å². The third-order valence-electron chi connectivity index (χ3n) is 4.68. The summed E-state index contributed by atoms with van der Waals surface area (Å²) in [7, 11) is 0. The lowest BCUT2D eigenvalue weighted by Crippen LogP contribution is -2.52. The second kappa shape index (κ2) is 8.19. The summed E-state index contributed by atoms with van der Waals surface area (Å²) in [4.78, 5) is 27.4. The van der Waals surface area contributed by atoms with Crippen LogP contribution in [0.4, 0.5) is 0 Å². The quantitative estimate of drug-likeness (QED) is 0.891. The predicted molar refractivity (Wildman–Crippen MR) is 97.0 cm³/mol. The average Bonchev–Trinajstić information content (AvgIpc) is 3.16. The van der Waals surface area contributed by atoms with Crippen LogP contribution in [0.25, 0.3) is 0 Å². The first kappa shape index (κ1) is 18.2. The van der Waals surface area contributed by atoms with Gasteiger partial charge in [-0.3, -0.25) is 9.59 Å². The Morgan fingerprint density at radius 1 is 1.15 bits per heavy atom. The highest BCUT2D eigenvalue weighted by atomic mass is 16.5. The van der Waals surface area contributed by atoms with Gasteiger partial charge in [-0.2, -0.15) is 0 Å². The molecule has 2 heterocycles. The summed E-state index contributed by atoms with van der Waals surface area (Å²) in [5, 5.41) is 2.88. The van der Waals surface area contributed by atoms with Gasteiger partial charge in [0, 0.05) is 25.1 Å². The van der Waals surface area contributed by atoms with E-state index in [1.165, 1.54) is 0 Å². The molecule has 3 rings (SSSR count). The molecule has 0 saturated carbocycles. The lowest BCUT2D eigenvalue weighted by atomic mass is 10.0. The topological polar surface area (TPSA) is 71.8 Å². The minimum atomic E-state index is -0.673. The molecule has 1 fully saturated rings. The minimum absolute atomic E-state index is 0.109. The molecule has 0 bridgehead atoms. The number of furan rings is 1. The lowest BCUT2D eigenvalue weighted by molar-refractivity contribution is -0.137. The molecule has 2 amide bonds. The van der Waals surface area contributed by atoms with Crippen molar-refractivity contribution in [3.05, 3.63) is 59.0 Å². The zero-order valence-electron chi connectivity index (χ0n) is 15.2. The van der Waals surface area contributed by atoms with E-state index in [4.69, 9.17) is 9.15 Å². The molecule has 0 spiro atoms. The van der Waals surface area contributed by atoms with Crippen LogP contribution in [0.15, 0.2) is 41.0 Å². The fourth-order valence-corrected chi connectivity index (χ4v) is 2.96. The summed E-state index contributed by atoms with van der Waals surface area (Å²) in [6.45, 7) is 6.07. The summed E-state index contributed by atoms with van der Waals surface area (Å²) in [5.41, 5.74) is 2.71. The van der Waals surface area contributed by atoms with E-state index in [1.807, 2.05) is 32.0 Å². The average molecular weight is 356 g/mol. The van der Waals surface area contributed by atoms with Crippen molar-refractivity contribution < 1.29 is 18.7 Å². The molecule has 26 heavy (non-hydrogen) atoms. The summed E-state index contributed by atoms with van der Waals surface area (Å²) in [6.07, 6.45) is 1.89. The Hall–Kier alpha value is -2.60. The number of aryl methyl sites for hydroxylation is 2. The van der Waals surface area contributed by atoms with Crippen molar-refractivity contribution >= 4 is 11.8 Å². The number of carbonyl (C=O) groups excluding carboxylic acids is 2. The Morgan fingerprint density at radius 3 is 2.58 bits per heavy atom. The number of rotatable bonds is 5. The van der Waals surface area contributed by atoms with Crippen LogP contribution in [0.5, 0.6) is 0 Å². The molecule has 1 unspecified atom stereocenters. The van der Waals surface area contributed by atoms with E-state index in [2.05, 4.69) is 5.32 Å². The van der Waals surface area contributed by atoms with Crippen LogP contribution in [0.2, 0.25) is 0 Å². The van der Waals surface area contributed by atoms with Gasteiger partial charge in [0.15, 0.2) is 0 Å². The van der Waals surface area contributed by atoms with E-state index in [0.29, 0.717) is 44.0 Å². The largest absolute Gasteiger partial charge is 0.469 e. The molecule has 6 nitrogen and oxygen atoms in total. The van der Waals surface area contributed by atoms with Crippen LogP contribution < -0.4 is 5.32 Å². The highest BCUT2D eigenvalue weighted by molar-refractivity contribution is 5.97. The first-order valence-electron chi connectivity index (χ1n) is 8.81. The zero-order chi connectivity index (χ0) is 18.5. The van der Waals surface area contributed by atoms with Crippen LogP contribution in [0.3, 0.4) is 0 Å². The number of ether oxygens (including phenoxy) is 1. The van der Waals surface area contributed by atoms with Gasteiger partial charge < -0.3 is 19.4 Å². The van der Waals surface area contributed by atoms with Crippen molar-refractivity contribution in [1.82, 2.24) is 10.2 Å². The number of nitrogens with zero attached hydrogens (tertiary/aromatic N) is 1. The maximum Gasteiger partial charge on any atom is 0.251 e. The first-order valence-corrected chi connectivity index (χ1v) is 8.81. The molecule has 138 valence electrons. The van der Waals surface area contributed by atoms with Crippen LogP contribution in [-0.4, -0.2) is 49.1 Å². The molecular formula is C20H24N2O4. The molecule has 1 saturated heterocycles. The summed E-state index contributed by atoms with van der Waals surface area (Å²) in [6, 6.07) is 8.44. The van der Waals surface area contributed by atoms with Crippen molar-refractivity contribution in [3.8, 4) is 0 Å². The van der Waals surface area contributed by atoms with Gasteiger partial charge in [-0.1, -0.05) is 6.07 Å². The Kier molecular flexibility index (Phi) is 5.73. The zero-order valence-corrected chi connectivity index (χ0v) is 15.2. The van der Waals surface area contributed by atoms with Crippen molar-refractivity contribution in [2.45, 2.75) is 26.3 Å². The number of nitrogens with one attached hydrogen (secondary N) is 1. The van der Waals surface area contributed by atoms with E-state index in [0.717, 1.165) is 11.1 Å². The SMILES string of the molecule is Cc1ccc(C(=O)NC(Cc2ccco2)C(=O)N2CCOCC2)cc1C. The summed E-state index contributed by atoms with van der Waals surface area (Å²) in [5.74, 6) is 0.296. The molecule has 1 aromatic heterocycles. The maximum atomic E-state index is 12.9. The second-order valence-electron chi connectivity index (χ2n) is 6.55. The molecule has 1 aliphatic rings. The summed E-state index contributed by atoms with van der Waals surface area (Å²) < 4.78 is 10.7. The normalized spacial score (nSPS) is 15.5. The predicted octanol–water partition coefficient (Wildman–Crippen LogP) is 2.10. The molecular weight excluding hydrogens is 332 g/mol. The van der Waals surface area contributed by atoms with Gasteiger partial charge in [0.25, 0.3) is 5.91 Å².